The second-order valence-electron chi connectivity index (χ2n) is 4.25. The molecule has 8 heteroatoms. The number of aromatic nitrogens is 4. The average molecular weight is 291 g/mol. The fourth-order valence-corrected chi connectivity index (χ4v) is 1.89. The van der Waals surface area contributed by atoms with Gasteiger partial charge in [0.2, 0.25) is 0 Å². The van der Waals surface area contributed by atoms with Crippen LogP contribution in [0.2, 0.25) is 0 Å². The zero-order valence-corrected chi connectivity index (χ0v) is 10.5. The van der Waals surface area contributed by atoms with E-state index in [2.05, 4.69) is 15.5 Å². The van der Waals surface area contributed by atoms with Gasteiger partial charge in [0.15, 0.2) is 17.5 Å². The van der Waals surface area contributed by atoms with Crippen LogP contribution in [0.4, 0.5) is 18.9 Å². The molecule has 0 amide bonds. The van der Waals surface area contributed by atoms with Gasteiger partial charge in [0, 0.05) is 17.3 Å². The summed E-state index contributed by atoms with van der Waals surface area (Å²) < 4.78 is 41.0. The minimum atomic E-state index is -1.08. The molecule has 3 aromatic rings. The van der Waals surface area contributed by atoms with Gasteiger partial charge in [0.25, 0.3) is 0 Å². The number of anilines is 1. The molecule has 0 saturated heterocycles. The summed E-state index contributed by atoms with van der Waals surface area (Å²) in [6.45, 7) is 0. The Bertz CT molecular complexity index is 815. The number of hydrogen-bond acceptors (Lipinski definition) is 4. The molecule has 0 spiro atoms. The number of hydrogen-bond donors (Lipinski definition) is 1. The van der Waals surface area contributed by atoms with Gasteiger partial charge >= 0.3 is 0 Å². The SMILES string of the molecule is Nc1cc(F)c(F)cc1-c1nnnn1-c1cccc(F)c1. The maximum atomic E-state index is 13.4. The second-order valence-corrected chi connectivity index (χ2v) is 4.25. The maximum Gasteiger partial charge on any atom is 0.189 e. The van der Waals surface area contributed by atoms with Gasteiger partial charge in [0.05, 0.1) is 5.69 Å². The molecular weight excluding hydrogens is 283 g/mol. The fourth-order valence-electron chi connectivity index (χ4n) is 1.89. The van der Waals surface area contributed by atoms with Crippen LogP contribution in [0.1, 0.15) is 0 Å². The normalized spacial score (nSPS) is 10.8. The van der Waals surface area contributed by atoms with E-state index in [1.54, 1.807) is 6.07 Å². The predicted octanol–water partition coefficient (Wildman–Crippen LogP) is 2.33. The number of tetrazole rings is 1. The molecule has 0 atom stereocenters. The first-order chi connectivity index (χ1) is 10.1. The van der Waals surface area contributed by atoms with Crippen molar-refractivity contribution in [2.45, 2.75) is 0 Å². The van der Waals surface area contributed by atoms with Crippen LogP contribution >= 0.6 is 0 Å². The molecule has 1 heterocycles. The molecule has 3 rings (SSSR count). The molecule has 106 valence electrons. The largest absolute Gasteiger partial charge is 0.398 e. The Kier molecular flexibility index (Phi) is 3.05. The van der Waals surface area contributed by atoms with E-state index >= 15 is 0 Å². The lowest BCUT2D eigenvalue weighted by Gasteiger charge is -2.07. The molecule has 0 fully saturated rings. The summed E-state index contributed by atoms with van der Waals surface area (Å²) in [5.74, 6) is -2.54. The smallest absolute Gasteiger partial charge is 0.189 e. The molecule has 0 radical (unpaired) electrons. The highest BCUT2D eigenvalue weighted by Crippen LogP contribution is 2.27. The van der Waals surface area contributed by atoms with Crippen LogP contribution in [0, 0.1) is 17.5 Å². The van der Waals surface area contributed by atoms with Crippen molar-refractivity contribution in [3.8, 4) is 17.1 Å². The number of benzene rings is 2. The topological polar surface area (TPSA) is 69.6 Å². The summed E-state index contributed by atoms with van der Waals surface area (Å²) in [6, 6.07) is 7.25. The zero-order valence-electron chi connectivity index (χ0n) is 10.5. The zero-order chi connectivity index (χ0) is 15.0. The van der Waals surface area contributed by atoms with Crippen molar-refractivity contribution in [3.63, 3.8) is 0 Å². The molecule has 0 aliphatic carbocycles. The van der Waals surface area contributed by atoms with Crippen LogP contribution in [0.3, 0.4) is 0 Å². The number of nitrogens with two attached hydrogens (primary N) is 1. The van der Waals surface area contributed by atoms with Crippen molar-refractivity contribution in [2.24, 2.45) is 0 Å². The van der Waals surface area contributed by atoms with Gasteiger partial charge in [-0.1, -0.05) is 6.07 Å². The lowest BCUT2D eigenvalue weighted by atomic mass is 10.1. The Morgan fingerprint density at radius 1 is 1.00 bits per heavy atom. The first kappa shape index (κ1) is 13.1. The molecule has 21 heavy (non-hydrogen) atoms. The minimum Gasteiger partial charge on any atom is -0.398 e. The second kappa shape index (κ2) is 4.89. The summed E-state index contributed by atoms with van der Waals surface area (Å²) in [5, 5.41) is 10.9. The van der Waals surface area contributed by atoms with Gasteiger partial charge in [-0.25, -0.2) is 13.2 Å². The van der Waals surface area contributed by atoms with Crippen LogP contribution < -0.4 is 5.73 Å². The monoisotopic (exact) mass is 291 g/mol. The third-order valence-corrected chi connectivity index (χ3v) is 2.86. The molecule has 0 aliphatic heterocycles. The minimum absolute atomic E-state index is 0.0265. The van der Waals surface area contributed by atoms with Crippen LogP contribution in [0.25, 0.3) is 17.1 Å². The molecule has 0 saturated carbocycles. The van der Waals surface area contributed by atoms with Gasteiger partial charge in [-0.2, -0.15) is 4.68 Å². The van der Waals surface area contributed by atoms with Gasteiger partial charge in [0.1, 0.15) is 5.82 Å². The fraction of sp³-hybridized carbons (Fsp3) is 0. The number of halogens is 3. The van der Waals surface area contributed by atoms with E-state index in [1.165, 1.54) is 22.9 Å². The van der Waals surface area contributed by atoms with Gasteiger partial charge in [-0.15, -0.1) is 5.10 Å². The van der Waals surface area contributed by atoms with E-state index in [1.807, 2.05) is 0 Å². The Balaban J connectivity index is 2.18. The summed E-state index contributed by atoms with van der Waals surface area (Å²) in [5.41, 5.74) is 6.09. The molecular formula is C13H8F3N5. The maximum absolute atomic E-state index is 13.4. The molecule has 0 unspecified atom stereocenters. The number of nitrogens with zero attached hydrogens (tertiary/aromatic N) is 4. The Morgan fingerprint density at radius 3 is 2.52 bits per heavy atom. The third kappa shape index (κ3) is 2.31. The Labute approximate surface area is 116 Å². The quantitative estimate of drug-likeness (QED) is 0.736. The van der Waals surface area contributed by atoms with E-state index in [0.717, 1.165) is 12.1 Å². The highest BCUT2D eigenvalue weighted by molar-refractivity contribution is 5.72. The standard InChI is InChI=1S/C13H8F3N5/c14-7-2-1-3-8(4-7)21-13(18-19-20-21)9-5-10(15)11(16)6-12(9)17/h1-6H,17H2. The first-order valence-electron chi connectivity index (χ1n) is 5.85. The molecule has 5 nitrogen and oxygen atoms in total. The summed E-state index contributed by atoms with van der Waals surface area (Å²) in [7, 11) is 0. The van der Waals surface area contributed by atoms with Crippen LogP contribution in [-0.4, -0.2) is 20.2 Å². The Morgan fingerprint density at radius 2 is 1.76 bits per heavy atom. The highest BCUT2D eigenvalue weighted by Gasteiger charge is 2.17. The van der Waals surface area contributed by atoms with E-state index < -0.39 is 17.5 Å². The summed E-state index contributed by atoms with van der Waals surface area (Å²) in [4.78, 5) is 0. The van der Waals surface area contributed by atoms with Crippen molar-refractivity contribution < 1.29 is 13.2 Å². The molecule has 2 aromatic carbocycles. The van der Waals surface area contributed by atoms with Crippen LogP contribution in [0.15, 0.2) is 36.4 Å². The van der Waals surface area contributed by atoms with E-state index in [9.17, 15) is 13.2 Å². The van der Waals surface area contributed by atoms with Crippen LogP contribution in [-0.2, 0) is 0 Å². The van der Waals surface area contributed by atoms with Gasteiger partial charge < -0.3 is 5.73 Å². The van der Waals surface area contributed by atoms with Crippen molar-refractivity contribution >= 4 is 5.69 Å². The van der Waals surface area contributed by atoms with Crippen molar-refractivity contribution in [1.82, 2.24) is 20.2 Å². The molecule has 1 aromatic heterocycles. The summed E-state index contributed by atoms with van der Waals surface area (Å²) in [6.07, 6.45) is 0. The third-order valence-electron chi connectivity index (χ3n) is 2.86. The van der Waals surface area contributed by atoms with Gasteiger partial charge in [-0.3, -0.25) is 0 Å². The van der Waals surface area contributed by atoms with Crippen molar-refractivity contribution in [1.29, 1.82) is 0 Å². The predicted molar refractivity (Wildman–Crippen MR) is 68.9 cm³/mol. The van der Waals surface area contributed by atoms with E-state index in [-0.39, 0.29) is 17.1 Å². The lowest BCUT2D eigenvalue weighted by molar-refractivity contribution is 0.509. The molecule has 2 N–H and O–H groups in total. The van der Waals surface area contributed by atoms with Crippen LogP contribution in [0.5, 0.6) is 0 Å². The number of nitrogen functional groups attached to an aromatic ring is 1. The lowest BCUT2D eigenvalue weighted by Crippen LogP contribution is -2.03. The number of rotatable bonds is 2. The molecule has 0 bridgehead atoms. The van der Waals surface area contributed by atoms with Gasteiger partial charge in [-0.05, 0) is 34.7 Å². The molecule has 0 aliphatic rings. The van der Waals surface area contributed by atoms with Crippen molar-refractivity contribution in [3.05, 3.63) is 53.8 Å². The average Bonchev–Trinajstić information content (AvgIpc) is 2.92. The summed E-state index contributed by atoms with van der Waals surface area (Å²) >= 11 is 0. The highest BCUT2D eigenvalue weighted by atomic mass is 19.2. The Hall–Kier alpha value is -2.90. The van der Waals surface area contributed by atoms with E-state index in [0.29, 0.717) is 5.69 Å². The first-order valence-corrected chi connectivity index (χ1v) is 5.85. The van der Waals surface area contributed by atoms with Crippen molar-refractivity contribution in [2.75, 3.05) is 5.73 Å². The van der Waals surface area contributed by atoms with E-state index in [4.69, 9.17) is 5.73 Å².